The molecule has 1 aromatic heterocycles. The number of hydrogen-bond acceptors (Lipinski definition) is 5. The number of nitrogens with two attached hydrogens (primary N) is 1. The fourth-order valence-corrected chi connectivity index (χ4v) is 1.32. The van der Waals surface area contributed by atoms with Crippen LogP contribution >= 0.6 is 0 Å². The van der Waals surface area contributed by atoms with Crippen LogP contribution in [0.2, 0.25) is 0 Å². The second kappa shape index (κ2) is 7.50. The highest BCUT2D eigenvalue weighted by molar-refractivity contribution is 5.80. The Bertz CT molecular complexity index is 385. The first-order valence-corrected chi connectivity index (χ1v) is 5.79. The van der Waals surface area contributed by atoms with E-state index in [9.17, 15) is 4.79 Å². The summed E-state index contributed by atoms with van der Waals surface area (Å²) in [4.78, 5) is 15.6. The van der Waals surface area contributed by atoms with Crippen LogP contribution in [0.3, 0.4) is 0 Å². The van der Waals surface area contributed by atoms with Crippen molar-refractivity contribution in [3.05, 3.63) is 18.3 Å². The van der Waals surface area contributed by atoms with E-state index in [2.05, 4.69) is 10.3 Å². The number of pyridine rings is 1. The van der Waals surface area contributed by atoms with Gasteiger partial charge >= 0.3 is 0 Å². The molecule has 3 N–H and O–H groups in total. The van der Waals surface area contributed by atoms with Gasteiger partial charge in [-0.25, -0.2) is 4.98 Å². The molecule has 0 aliphatic rings. The molecule has 0 saturated heterocycles. The van der Waals surface area contributed by atoms with E-state index in [1.54, 1.807) is 32.4 Å². The van der Waals surface area contributed by atoms with Crippen molar-refractivity contribution in [2.24, 2.45) is 0 Å². The summed E-state index contributed by atoms with van der Waals surface area (Å²) >= 11 is 0. The maximum atomic E-state index is 11.7. The van der Waals surface area contributed by atoms with Gasteiger partial charge in [0, 0.05) is 26.5 Å². The topological polar surface area (TPSA) is 86.5 Å². The van der Waals surface area contributed by atoms with Crippen molar-refractivity contribution in [3.8, 4) is 5.75 Å². The Morgan fingerprint density at radius 2 is 2.39 bits per heavy atom. The lowest BCUT2D eigenvalue weighted by molar-refractivity contribution is -0.127. The fraction of sp³-hybridized carbons (Fsp3) is 0.500. The van der Waals surface area contributed by atoms with E-state index in [4.69, 9.17) is 15.2 Å². The molecule has 0 bridgehead atoms. The first-order chi connectivity index (χ1) is 8.65. The molecule has 0 aromatic carbocycles. The van der Waals surface area contributed by atoms with Crippen molar-refractivity contribution in [1.29, 1.82) is 0 Å². The zero-order valence-corrected chi connectivity index (χ0v) is 10.7. The standard InChI is InChI=1S/C12H19N3O3/c1-9(12(16)15-7-4-8-17-2)18-10-5-3-6-14-11(10)13/h3,5-6,9H,4,7-8H2,1-2H3,(H2,13,14)(H,15,16). The first kappa shape index (κ1) is 14.2. The van der Waals surface area contributed by atoms with Crippen molar-refractivity contribution in [2.45, 2.75) is 19.4 Å². The van der Waals surface area contributed by atoms with Crippen LogP contribution in [0.5, 0.6) is 5.75 Å². The van der Waals surface area contributed by atoms with Gasteiger partial charge in [0.1, 0.15) is 0 Å². The molecule has 0 fully saturated rings. The number of methoxy groups -OCH3 is 1. The summed E-state index contributed by atoms with van der Waals surface area (Å²) in [5.74, 6) is 0.503. The average molecular weight is 253 g/mol. The predicted molar refractivity (Wildman–Crippen MR) is 68.2 cm³/mol. The number of amides is 1. The molecule has 6 heteroatoms. The summed E-state index contributed by atoms with van der Waals surface area (Å²) in [5.41, 5.74) is 5.62. The van der Waals surface area contributed by atoms with Crippen molar-refractivity contribution in [3.63, 3.8) is 0 Å². The van der Waals surface area contributed by atoms with Crippen LogP contribution in [0.25, 0.3) is 0 Å². The molecular formula is C12H19N3O3. The minimum absolute atomic E-state index is 0.186. The monoisotopic (exact) mass is 253 g/mol. The van der Waals surface area contributed by atoms with Gasteiger partial charge in [0.2, 0.25) is 0 Å². The lowest BCUT2D eigenvalue weighted by atomic mass is 10.3. The third-order valence-corrected chi connectivity index (χ3v) is 2.30. The second-order valence-electron chi connectivity index (χ2n) is 3.78. The Labute approximate surface area is 106 Å². The molecule has 1 unspecified atom stereocenters. The molecule has 0 spiro atoms. The van der Waals surface area contributed by atoms with Crippen LogP contribution < -0.4 is 15.8 Å². The number of ether oxygens (including phenoxy) is 2. The fourth-order valence-electron chi connectivity index (χ4n) is 1.32. The number of aromatic nitrogens is 1. The van der Waals surface area contributed by atoms with Gasteiger partial charge in [0.05, 0.1) is 0 Å². The van der Waals surface area contributed by atoms with Crippen molar-refractivity contribution >= 4 is 11.7 Å². The molecule has 18 heavy (non-hydrogen) atoms. The smallest absolute Gasteiger partial charge is 0.260 e. The lowest BCUT2D eigenvalue weighted by Gasteiger charge is -2.15. The summed E-state index contributed by atoms with van der Waals surface area (Å²) in [5, 5.41) is 2.75. The van der Waals surface area contributed by atoms with Gasteiger partial charge in [-0.1, -0.05) is 0 Å². The Kier molecular flexibility index (Phi) is 5.93. The summed E-state index contributed by atoms with van der Waals surface area (Å²) in [6, 6.07) is 3.38. The maximum absolute atomic E-state index is 11.7. The van der Waals surface area contributed by atoms with Crippen LogP contribution in [0.1, 0.15) is 13.3 Å². The number of rotatable bonds is 7. The van der Waals surface area contributed by atoms with E-state index in [1.807, 2.05) is 0 Å². The third-order valence-electron chi connectivity index (χ3n) is 2.30. The van der Waals surface area contributed by atoms with Crippen LogP contribution in [0, 0.1) is 0 Å². The summed E-state index contributed by atoms with van der Waals surface area (Å²) < 4.78 is 10.3. The zero-order valence-electron chi connectivity index (χ0n) is 10.7. The molecular weight excluding hydrogens is 234 g/mol. The minimum atomic E-state index is -0.612. The number of nitrogens with zero attached hydrogens (tertiary/aromatic N) is 1. The molecule has 1 rings (SSSR count). The SMILES string of the molecule is COCCCNC(=O)C(C)Oc1cccnc1N. The summed E-state index contributed by atoms with van der Waals surface area (Å²) in [6.45, 7) is 2.84. The summed E-state index contributed by atoms with van der Waals surface area (Å²) in [6.07, 6.45) is 1.72. The third kappa shape index (κ3) is 4.58. The highest BCUT2D eigenvalue weighted by Crippen LogP contribution is 2.18. The van der Waals surface area contributed by atoms with Crippen LogP contribution in [0.15, 0.2) is 18.3 Å². The van der Waals surface area contributed by atoms with Crippen molar-refractivity contribution in [2.75, 3.05) is 26.0 Å². The first-order valence-electron chi connectivity index (χ1n) is 5.79. The van der Waals surface area contributed by atoms with Gasteiger partial charge in [0.15, 0.2) is 17.7 Å². The number of nitrogen functional groups attached to an aromatic ring is 1. The quantitative estimate of drug-likeness (QED) is 0.694. The molecule has 1 aromatic rings. The van der Waals surface area contributed by atoms with Crippen molar-refractivity contribution < 1.29 is 14.3 Å². The number of carbonyl (C=O) groups is 1. The highest BCUT2D eigenvalue weighted by atomic mass is 16.5. The molecule has 0 radical (unpaired) electrons. The molecule has 1 amide bonds. The number of nitrogens with one attached hydrogen (secondary N) is 1. The van der Waals surface area contributed by atoms with E-state index >= 15 is 0 Å². The largest absolute Gasteiger partial charge is 0.477 e. The number of anilines is 1. The normalized spacial score (nSPS) is 11.9. The number of hydrogen-bond donors (Lipinski definition) is 2. The van der Waals surface area contributed by atoms with Crippen LogP contribution in [0.4, 0.5) is 5.82 Å². The highest BCUT2D eigenvalue weighted by Gasteiger charge is 2.15. The Morgan fingerprint density at radius 1 is 1.61 bits per heavy atom. The Balaban J connectivity index is 2.38. The van der Waals surface area contributed by atoms with E-state index in [0.29, 0.717) is 18.9 Å². The molecule has 1 heterocycles. The van der Waals surface area contributed by atoms with E-state index in [0.717, 1.165) is 6.42 Å². The van der Waals surface area contributed by atoms with Gasteiger partial charge in [-0.05, 0) is 25.5 Å². The van der Waals surface area contributed by atoms with Gasteiger partial charge in [-0.2, -0.15) is 0 Å². The van der Waals surface area contributed by atoms with E-state index in [-0.39, 0.29) is 11.7 Å². The molecule has 6 nitrogen and oxygen atoms in total. The average Bonchev–Trinajstić information content (AvgIpc) is 2.37. The molecule has 0 aliphatic carbocycles. The predicted octanol–water partition coefficient (Wildman–Crippen LogP) is 0.584. The second-order valence-corrected chi connectivity index (χ2v) is 3.78. The maximum Gasteiger partial charge on any atom is 0.260 e. The zero-order chi connectivity index (χ0) is 13.4. The lowest BCUT2D eigenvalue weighted by Crippen LogP contribution is -2.37. The van der Waals surface area contributed by atoms with Gasteiger partial charge in [-0.15, -0.1) is 0 Å². The molecule has 0 aliphatic heterocycles. The minimum Gasteiger partial charge on any atom is -0.477 e. The van der Waals surface area contributed by atoms with Gasteiger partial charge in [0.25, 0.3) is 5.91 Å². The Morgan fingerprint density at radius 3 is 3.06 bits per heavy atom. The van der Waals surface area contributed by atoms with Crippen molar-refractivity contribution in [1.82, 2.24) is 10.3 Å². The van der Waals surface area contributed by atoms with E-state index < -0.39 is 6.10 Å². The summed E-state index contributed by atoms with van der Waals surface area (Å²) in [7, 11) is 1.62. The van der Waals surface area contributed by atoms with Crippen LogP contribution in [-0.4, -0.2) is 37.3 Å². The van der Waals surface area contributed by atoms with E-state index in [1.165, 1.54) is 0 Å². The molecule has 1 atom stereocenters. The van der Waals surface area contributed by atoms with Gasteiger partial charge in [-0.3, -0.25) is 4.79 Å². The van der Waals surface area contributed by atoms with Crippen LogP contribution in [-0.2, 0) is 9.53 Å². The molecule has 100 valence electrons. The Hall–Kier alpha value is -1.82. The number of carbonyl (C=O) groups excluding carboxylic acids is 1. The van der Waals surface area contributed by atoms with Gasteiger partial charge < -0.3 is 20.5 Å². The molecule has 0 saturated carbocycles.